The molecule has 8 heteroatoms. The molecule has 3 aromatic rings. The van der Waals surface area contributed by atoms with Gasteiger partial charge in [-0.1, -0.05) is 31.0 Å². The molecule has 0 atom stereocenters. The fourth-order valence-corrected chi connectivity index (χ4v) is 5.21. The Morgan fingerprint density at radius 2 is 1.85 bits per heavy atom. The standard InChI is InChI=1S/C25H27NO6S/c1-3-5-17-14-21-19-6-4-7-20(19)25(28)32-23(21)15-22(17)31-24(27)12-13-26-33(29,30)18-10-8-16(2)9-11-18/h8-11,14-15,26H,3-7,12-13H2,1-2H3. The van der Waals surface area contributed by atoms with Crippen LogP contribution in [0.25, 0.3) is 11.0 Å². The van der Waals surface area contributed by atoms with Crippen LogP contribution >= 0.6 is 0 Å². The maximum absolute atomic E-state index is 12.5. The first-order chi connectivity index (χ1) is 15.8. The second-order valence-corrected chi connectivity index (χ2v) is 10.1. The predicted molar refractivity (Wildman–Crippen MR) is 125 cm³/mol. The lowest BCUT2D eigenvalue weighted by atomic mass is 10.0. The van der Waals surface area contributed by atoms with Crippen molar-refractivity contribution >= 4 is 27.0 Å². The second kappa shape index (κ2) is 9.49. The van der Waals surface area contributed by atoms with E-state index in [1.807, 2.05) is 19.9 Å². The predicted octanol–water partition coefficient (Wildman–Crippen LogP) is 3.82. The van der Waals surface area contributed by atoms with E-state index < -0.39 is 16.0 Å². The minimum atomic E-state index is -3.71. The molecule has 0 saturated heterocycles. The lowest BCUT2D eigenvalue weighted by Crippen LogP contribution is -2.27. The van der Waals surface area contributed by atoms with Gasteiger partial charge in [0.05, 0.1) is 11.3 Å². The van der Waals surface area contributed by atoms with E-state index in [0.29, 0.717) is 17.8 Å². The number of hydrogen-bond acceptors (Lipinski definition) is 6. The third kappa shape index (κ3) is 5.02. The molecule has 1 aromatic heterocycles. The molecule has 1 N–H and O–H groups in total. The summed E-state index contributed by atoms with van der Waals surface area (Å²) in [7, 11) is -3.71. The molecule has 2 aromatic carbocycles. The van der Waals surface area contributed by atoms with E-state index in [9.17, 15) is 18.0 Å². The third-order valence-electron chi connectivity index (χ3n) is 5.85. The Morgan fingerprint density at radius 1 is 1.12 bits per heavy atom. The minimum Gasteiger partial charge on any atom is -0.426 e. The minimum absolute atomic E-state index is 0.0890. The molecule has 0 unspecified atom stereocenters. The number of nitrogens with one attached hydrogen (secondary N) is 1. The molecule has 33 heavy (non-hydrogen) atoms. The molecule has 0 radical (unpaired) electrons. The van der Waals surface area contributed by atoms with Crippen molar-refractivity contribution in [2.24, 2.45) is 0 Å². The smallest absolute Gasteiger partial charge is 0.339 e. The Kier molecular flexibility index (Phi) is 6.67. The van der Waals surface area contributed by atoms with Gasteiger partial charge in [-0.25, -0.2) is 17.9 Å². The van der Waals surface area contributed by atoms with E-state index in [0.717, 1.165) is 53.3 Å². The van der Waals surface area contributed by atoms with E-state index in [1.54, 1.807) is 18.2 Å². The molecule has 0 spiro atoms. The van der Waals surface area contributed by atoms with E-state index in [-0.39, 0.29) is 23.5 Å². The molecule has 7 nitrogen and oxygen atoms in total. The Morgan fingerprint density at radius 3 is 2.58 bits per heavy atom. The van der Waals surface area contributed by atoms with E-state index in [4.69, 9.17) is 9.15 Å². The molecule has 0 amide bonds. The number of aryl methyl sites for hydroxylation is 3. The first-order valence-electron chi connectivity index (χ1n) is 11.2. The summed E-state index contributed by atoms with van der Waals surface area (Å²) < 4.78 is 38.3. The molecular formula is C25H27NO6S. The van der Waals surface area contributed by atoms with Crippen LogP contribution in [-0.4, -0.2) is 20.9 Å². The first kappa shape index (κ1) is 23.2. The van der Waals surface area contributed by atoms with Gasteiger partial charge in [0, 0.05) is 23.6 Å². The number of benzene rings is 2. The number of fused-ring (bicyclic) bond motifs is 3. The van der Waals surface area contributed by atoms with Crippen molar-refractivity contribution in [1.29, 1.82) is 0 Å². The molecule has 174 valence electrons. The number of rotatable bonds is 8. The summed E-state index contributed by atoms with van der Waals surface area (Å²) in [5, 5.41) is 0.899. The summed E-state index contributed by atoms with van der Waals surface area (Å²) in [5.74, 6) is -0.223. The molecule has 1 aliphatic rings. The summed E-state index contributed by atoms with van der Waals surface area (Å²) in [6.07, 6.45) is 3.91. The Hall–Kier alpha value is -2.97. The molecule has 0 fully saturated rings. The van der Waals surface area contributed by atoms with Gasteiger partial charge in [-0.15, -0.1) is 0 Å². The average Bonchev–Trinajstić information content (AvgIpc) is 3.26. The zero-order valence-corrected chi connectivity index (χ0v) is 19.6. The van der Waals surface area contributed by atoms with E-state index in [2.05, 4.69) is 4.72 Å². The zero-order valence-electron chi connectivity index (χ0n) is 18.8. The van der Waals surface area contributed by atoms with Gasteiger partial charge in [-0.3, -0.25) is 4.79 Å². The van der Waals surface area contributed by atoms with Crippen LogP contribution in [0.4, 0.5) is 0 Å². The van der Waals surface area contributed by atoms with Gasteiger partial charge in [-0.05, 0) is 61.9 Å². The summed E-state index contributed by atoms with van der Waals surface area (Å²) in [6.45, 7) is 3.82. The SMILES string of the molecule is CCCc1cc2c3c(c(=O)oc2cc1OC(=O)CCNS(=O)(=O)c1ccc(C)cc1)CCC3. The highest BCUT2D eigenvalue weighted by molar-refractivity contribution is 7.89. The number of carbonyl (C=O) groups excluding carboxylic acids is 1. The van der Waals surface area contributed by atoms with E-state index in [1.165, 1.54) is 12.1 Å². The van der Waals surface area contributed by atoms with Crippen molar-refractivity contribution in [3.8, 4) is 5.75 Å². The largest absolute Gasteiger partial charge is 0.426 e. The number of hydrogen-bond donors (Lipinski definition) is 1. The van der Waals surface area contributed by atoms with E-state index >= 15 is 0 Å². The summed E-state index contributed by atoms with van der Waals surface area (Å²) in [5.41, 5.74) is 3.67. The molecule has 1 heterocycles. The number of sulfonamides is 1. The van der Waals surface area contributed by atoms with Gasteiger partial charge in [0.1, 0.15) is 11.3 Å². The maximum atomic E-state index is 12.5. The van der Waals surface area contributed by atoms with Crippen LogP contribution in [0.1, 0.15) is 48.4 Å². The summed E-state index contributed by atoms with van der Waals surface area (Å²) in [4.78, 5) is 24.9. The fourth-order valence-electron chi connectivity index (χ4n) is 4.18. The molecule has 4 rings (SSSR count). The van der Waals surface area contributed by atoms with Gasteiger partial charge in [0.15, 0.2) is 0 Å². The zero-order chi connectivity index (χ0) is 23.6. The number of carbonyl (C=O) groups is 1. The van der Waals surface area contributed by atoms with Crippen LogP contribution in [-0.2, 0) is 34.1 Å². The highest BCUT2D eigenvalue weighted by Crippen LogP contribution is 2.33. The average molecular weight is 470 g/mol. The summed E-state index contributed by atoms with van der Waals surface area (Å²) in [6, 6.07) is 10.0. The van der Waals surface area contributed by atoms with Crippen LogP contribution in [0.5, 0.6) is 5.75 Å². The fraction of sp³-hybridized carbons (Fsp3) is 0.360. The Bertz CT molecular complexity index is 1360. The van der Waals surface area contributed by atoms with Crippen LogP contribution in [0.2, 0.25) is 0 Å². The number of ether oxygens (including phenoxy) is 1. The normalized spacial score (nSPS) is 13.3. The first-order valence-corrected chi connectivity index (χ1v) is 12.7. The number of esters is 1. The van der Waals surface area contributed by atoms with Gasteiger partial charge < -0.3 is 9.15 Å². The van der Waals surface area contributed by atoms with Crippen molar-refractivity contribution in [1.82, 2.24) is 4.72 Å². The molecular weight excluding hydrogens is 442 g/mol. The molecule has 0 bridgehead atoms. The van der Waals surface area contributed by atoms with Crippen molar-refractivity contribution in [3.05, 3.63) is 69.1 Å². The van der Waals surface area contributed by atoms with Crippen molar-refractivity contribution in [2.45, 2.75) is 57.3 Å². The van der Waals surface area contributed by atoms with Crippen molar-refractivity contribution in [3.63, 3.8) is 0 Å². The molecule has 0 saturated carbocycles. The van der Waals surface area contributed by atoms with Gasteiger partial charge in [0.25, 0.3) is 0 Å². The molecule has 0 aliphatic heterocycles. The molecule has 1 aliphatic carbocycles. The highest BCUT2D eigenvalue weighted by atomic mass is 32.2. The lowest BCUT2D eigenvalue weighted by molar-refractivity contribution is -0.134. The van der Waals surface area contributed by atoms with Gasteiger partial charge >= 0.3 is 11.6 Å². The van der Waals surface area contributed by atoms with Gasteiger partial charge in [-0.2, -0.15) is 0 Å². The lowest BCUT2D eigenvalue weighted by Gasteiger charge is -2.13. The van der Waals surface area contributed by atoms with Crippen molar-refractivity contribution in [2.75, 3.05) is 6.54 Å². The van der Waals surface area contributed by atoms with Crippen LogP contribution < -0.4 is 15.1 Å². The topological polar surface area (TPSA) is 103 Å². The van der Waals surface area contributed by atoms with Crippen molar-refractivity contribution < 1.29 is 22.4 Å². The Labute approximate surface area is 192 Å². The quantitative estimate of drug-likeness (QED) is 0.306. The third-order valence-corrected chi connectivity index (χ3v) is 7.33. The Balaban J connectivity index is 1.49. The van der Waals surface area contributed by atoms with Crippen LogP contribution in [0.15, 0.2) is 50.5 Å². The maximum Gasteiger partial charge on any atom is 0.339 e. The van der Waals surface area contributed by atoms with Crippen LogP contribution in [0.3, 0.4) is 0 Å². The summed E-state index contributed by atoms with van der Waals surface area (Å²) >= 11 is 0. The van der Waals surface area contributed by atoms with Crippen LogP contribution in [0, 0.1) is 6.92 Å². The monoisotopic (exact) mass is 469 g/mol. The highest BCUT2D eigenvalue weighted by Gasteiger charge is 2.22. The van der Waals surface area contributed by atoms with Gasteiger partial charge in [0.2, 0.25) is 10.0 Å². The second-order valence-electron chi connectivity index (χ2n) is 8.34.